The van der Waals surface area contributed by atoms with Crippen molar-refractivity contribution < 1.29 is 21.9 Å². The van der Waals surface area contributed by atoms with Gasteiger partial charge in [-0.25, -0.2) is 31.2 Å². The molecule has 4 aromatic rings. The van der Waals surface area contributed by atoms with Crippen molar-refractivity contribution in [3.8, 4) is 17.3 Å². The second-order valence-corrected chi connectivity index (χ2v) is 20.7. The number of aromatic nitrogens is 3. The van der Waals surface area contributed by atoms with Crippen LogP contribution >= 0.6 is 0 Å². The molecule has 1 aliphatic heterocycles. The Morgan fingerprint density at radius 2 is 1.77 bits per heavy atom. The Labute approximate surface area is 256 Å². The van der Waals surface area contributed by atoms with Crippen molar-refractivity contribution in [1.29, 1.82) is 5.26 Å². The number of anilines is 1. The monoisotopic (exact) mass is 638 g/mol. The van der Waals surface area contributed by atoms with Gasteiger partial charge in [-0.2, -0.15) is 10.4 Å². The number of rotatable bonds is 10. The highest BCUT2D eigenvalue weighted by Gasteiger charge is 2.41. The van der Waals surface area contributed by atoms with Crippen LogP contribution in [0.15, 0.2) is 36.4 Å². The van der Waals surface area contributed by atoms with E-state index in [1.165, 1.54) is 18.2 Å². The quantitative estimate of drug-likeness (QED) is 0.165. The number of ether oxygens (including phenoxy) is 1. The van der Waals surface area contributed by atoms with E-state index >= 15 is 8.78 Å². The van der Waals surface area contributed by atoms with Gasteiger partial charge in [0.25, 0.3) is 0 Å². The molecule has 2 fully saturated rings. The fourth-order valence-electron chi connectivity index (χ4n) is 5.67. The fraction of sp³-hybridized carbons (Fsp3) is 0.452. The van der Waals surface area contributed by atoms with Crippen LogP contribution in [-0.2, 0) is 21.5 Å². The molecule has 0 bridgehead atoms. The molecule has 13 heteroatoms. The number of nitriles is 1. The lowest BCUT2D eigenvalue weighted by Gasteiger charge is -2.31. The molecule has 9 nitrogen and oxygen atoms in total. The average molecular weight is 639 g/mol. The molecule has 0 spiro atoms. The van der Waals surface area contributed by atoms with E-state index in [1.807, 2.05) is 0 Å². The summed E-state index contributed by atoms with van der Waals surface area (Å²) in [6, 6.07) is 11.7. The molecule has 2 aromatic heterocycles. The second kappa shape index (κ2) is 11.8. The first-order valence-electron chi connectivity index (χ1n) is 15.0. The third-order valence-corrected chi connectivity index (χ3v) is 12.4. The first-order chi connectivity index (χ1) is 21.0. The normalized spacial score (nSPS) is 16.9. The van der Waals surface area contributed by atoms with Crippen LogP contribution in [0.3, 0.4) is 0 Å². The SMILES string of the molecule is C[Si](C)(C)CCOCn1nc(NC2CCN(S(=O)(=O)C3CC3)CC2)c2nc(-c3c(F)cccc3F)c3cc(C#N)ccc3c21. The molecular formula is C31H36F2N6O3SSi. The zero-order valence-corrected chi connectivity index (χ0v) is 26.9. The van der Waals surface area contributed by atoms with E-state index in [1.54, 1.807) is 27.2 Å². The van der Waals surface area contributed by atoms with Crippen LogP contribution in [0.1, 0.15) is 31.2 Å². The van der Waals surface area contributed by atoms with Crippen molar-refractivity contribution in [3.63, 3.8) is 0 Å². The van der Waals surface area contributed by atoms with Crippen molar-refractivity contribution in [2.45, 2.75) is 69.4 Å². The molecule has 1 N–H and O–H groups in total. The maximum Gasteiger partial charge on any atom is 0.216 e. The topological polar surface area (TPSA) is 113 Å². The average Bonchev–Trinajstić information content (AvgIpc) is 3.79. The Balaban J connectivity index is 1.43. The highest BCUT2D eigenvalue weighted by molar-refractivity contribution is 7.90. The van der Waals surface area contributed by atoms with E-state index in [4.69, 9.17) is 14.8 Å². The van der Waals surface area contributed by atoms with Gasteiger partial charge < -0.3 is 10.1 Å². The summed E-state index contributed by atoms with van der Waals surface area (Å²) in [5.74, 6) is -1.09. The highest BCUT2D eigenvalue weighted by atomic mass is 32.2. The Hall–Kier alpha value is -3.44. The number of nitrogens with one attached hydrogen (secondary N) is 1. The van der Waals surface area contributed by atoms with Gasteiger partial charge in [-0.15, -0.1) is 0 Å². The standard InChI is InChI=1S/C31H36F2N6O3SSi/c1-44(2,3)16-15-42-19-39-30-23-10-7-20(18-34)17-24(23)28(27-25(32)5-4-6-26(27)33)36-29(30)31(37-39)35-21-11-13-38(14-12-21)43(40,41)22-8-9-22/h4-7,10,17,21-22H,8-9,11-16,19H2,1-3H3,(H,35,37). The van der Waals surface area contributed by atoms with Crippen LogP contribution in [0.4, 0.5) is 14.6 Å². The molecule has 2 aromatic carbocycles. The molecule has 0 unspecified atom stereocenters. The third kappa shape index (κ3) is 6.08. The smallest absolute Gasteiger partial charge is 0.216 e. The lowest BCUT2D eigenvalue weighted by molar-refractivity contribution is 0.0820. The minimum absolute atomic E-state index is 0.0767. The van der Waals surface area contributed by atoms with Crippen LogP contribution in [0.5, 0.6) is 0 Å². The number of halogens is 2. The summed E-state index contributed by atoms with van der Waals surface area (Å²) >= 11 is 0. The Bertz CT molecular complexity index is 1850. The first kappa shape index (κ1) is 30.6. The third-order valence-electron chi connectivity index (χ3n) is 8.32. The fourth-order valence-corrected chi connectivity index (χ4v) is 8.30. The molecule has 1 saturated heterocycles. The molecular weight excluding hydrogens is 603 g/mol. The maximum absolute atomic E-state index is 15.2. The van der Waals surface area contributed by atoms with Gasteiger partial charge in [-0.05, 0) is 56.0 Å². The number of nitrogens with zero attached hydrogens (tertiary/aromatic N) is 5. The number of hydrogen-bond acceptors (Lipinski definition) is 7. The van der Waals surface area contributed by atoms with E-state index in [2.05, 4.69) is 31.0 Å². The van der Waals surface area contributed by atoms with Gasteiger partial charge in [-0.1, -0.05) is 31.8 Å². The molecule has 44 heavy (non-hydrogen) atoms. The number of benzene rings is 2. The zero-order chi connectivity index (χ0) is 31.2. The van der Waals surface area contributed by atoms with Gasteiger partial charge in [0.2, 0.25) is 10.0 Å². The maximum atomic E-state index is 15.2. The second-order valence-electron chi connectivity index (χ2n) is 12.9. The number of hydrogen-bond donors (Lipinski definition) is 1. The van der Waals surface area contributed by atoms with Crippen molar-refractivity contribution in [3.05, 3.63) is 53.6 Å². The molecule has 232 valence electrons. The Kier molecular flexibility index (Phi) is 8.21. The largest absolute Gasteiger partial charge is 0.364 e. The predicted octanol–water partition coefficient (Wildman–Crippen LogP) is 6.08. The van der Waals surface area contributed by atoms with Crippen molar-refractivity contribution >= 4 is 45.7 Å². The van der Waals surface area contributed by atoms with Gasteiger partial charge in [0.15, 0.2) is 5.82 Å². The van der Waals surface area contributed by atoms with E-state index in [-0.39, 0.29) is 29.3 Å². The number of piperidine rings is 1. The minimum Gasteiger partial charge on any atom is -0.364 e. The molecule has 3 heterocycles. The number of fused-ring (bicyclic) bond motifs is 3. The molecule has 0 amide bonds. The number of sulfonamides is 1. The van der Waals surface area contributed by atoms with Gasteiger partial charge in [0.1, 0.15) is 23.9 Å². The first-order valence-corrected chi connectivity index (χ1v) is 20.2. The van der Waals surface area contributed by atoms with E-state index < -0.39 is 29.7 Å². The summed E-state index contributed by atoms with van der Waals surface area (Å²) < 4.78 is 65.2. The van der Waals surface area contributed by atoms with Crippen molar-refractivity contribution in [2.75, 3.05) is 25.0 Å². The van der Waals surface area contributed by atoms with E-state index in [9.17, 15) is 13.7 Å². The predicted molar refractivity (Wildman–Crippen MR) is 169 cm³/mol. The van der Waals surface area contributed by atoms with Crippen molar-refractivity contribution in [1.82, 2.24) is 19.1 Å². The minimum atomic E-state index is -3.25. The van der Waals surface area contributed by atoms with Crippen molar-refractivity contribution in [2.24, 2.45) is 0 Å². The summed E-state index contributed by atoms with van der Waals surface area (Å²) in [5, 5.41) is 18.7. The summed E-state index contributed by atoms with van der Waals surface area (Å²) in [5.41, 5.74) is 1.17. The lowest BCUT2D eigenvalue weighted by Crippen LogP contribution is -2.43. The molecule has 1 saturated carbocycles. The van der Waals surface area contributed by atoms with Crippen LogP contribution in [0, 0.1) is 23.0 Å². The van der Waals surface area contributed by atoms with E-state index in [0.717, 1.165) is 18.9 Å². The van der Waals surface area contributed by atoms with Gasteiger partial charge in [0, 0.05) is 44.6 Å². The molecule has 0 atom stereocenters. The summed E-state index contributed by atoms with van der Waals surface area (Å²) in [6.45, 7) is 8.35. The van der Waals surface area contributed by atoms with E-state index in [0.29, 0.717) is 65.7 Å². The molecule has 2 aliphatic rings. The van der Waals surface area contributed by atoms with Crippen LogP contribution in [-0.4, -0.2) is 66.5 Å². The zero-order valence-electron chi connectivity index (χ0n) is 25.1. The molecule has 1 aliphatic carbocycles. The van der Waals surface area contributed by atoms with Crippen LogP contribution in [0.25, 0.3) is 33.1 Å². The highest BCUT2D eigenvalue weighted by Crippen LogP contribution is 2.38. The van der Waals surface area contributed by atoms with Gasteiger partial charge in [-0.3, -0.25) is 0 Å². The lowest BCUT2D eigenvalue weighted by atomic mass is 9.99. The summed E-state index contributed by atoms with van der Waals surface area (Å²) in [7, 11) is -4.58. The summed E-state index contributed by atoms with van der Waals surface area (Å²) in [4.78, 5) is 4.82. The van der Waals surface area contributed by atoms with Gasteiger partial charge >= 0.3 is 0 Å². The Morgan fingerprint density at radius 1 is 1.07 bits per heavy atom. The Morgan fingerprint density at radius 3 is 2.41 bits per heavy atom. The molecule has 0 radical (unpaired) electrons. The molecule has 6 rings (SSSR count). The number of pyridine rings is 1. The van der Waals surface area contributed by atoms with Crippen LogP contribution < -0.4 is 5.32 Å². The van der Waals surface area contributed by atoms with Crippen LogP contribution in [0.2, 0.25) is 25.7 Å². The summed E-state index contributed by atoms with van der Waals surface area (Å²) in [6.07, 6.45) is 2.62. The van der Waals surface area contributed by atoms with Gasteiger partial charge in [0.05, 0.1) is 33.7 Å².